The molecule has 0 saturated heterocycles. The quantitative estimate of drug-likeness (QED) is 0.456. The number of hydrogen-bond acceptors (Lipinski definition) is 7. The molecule has 0 saturated carbocycles. The van der Waals surface area contributed by atoms with Crippen LogP contribution in [0.5, 0.6) is 0 Å². The van der Waals surface area contributed by atoms with E-state index in [0.717, 1.165) is 25.7 Å². The molecule has 3 aromatic rings. The number of imide groups is 1. The third-order valence-electron chi connectivity index (χ3n) is 4.06. The van der Waals surface area contributed by atoms with Crippen molar-refractivity contribution in [3.63, 3.8) is 0 Å². The molecule has 29 heavy (non-hydrogen) atoms. The number of benzene rings is 2. The van der Waals surface area contributed by atoms with Crippen LogP contribution in [-0.2, 0) is 14.3 Å². The van der Waals surface area contributed by atoms with E-state index in [1.165, 1.54) is 23.1 Å². The Labute approximate surface area is 175 Å². The number of thioether (sulfide) groups is 1. The lowest BCUT2D eigenvalue weighted by molar-refractivity contribution is -0.145. The Balaban J connectivity index is 1.40. The number of anilines is 1. The summed E-state index contributed by atoms with van der Waals surface area (Å²) < 4.78 is 6.71. The van der Waals surface area contributed by atoms with Gasteiger partial charge in [-0.15, -0.1) is 11.3 Å². The van der Waals surface area contributed by atoms with Gasteiger partial charge in [-0.25, -0.2) is 9.78 Å². The zero-order valence-corrected chi connectivity index (χ0v) is 17.5. The third-order valence-corrected chi connectivity index (χ3v) is 6.21. The van der Waals surface area contributed by atoms with Crippen molar-refractivity contribution in [3.8, 4) is 0 Å². The summed E-state index contributed by atoms with van der Waals surface area (Å²) in [5, 5.41) is 4.75. The van der Waals surface area contributed by atoms with Crippen molar-refractivity contribution in [1.82, 2.24) is 10.3 Å². The molecule has 1 heterocycles. The van der Waals surface area contributed by atoms with Crippen LogP contribution in [0.3, 0.4) is 0 Å². The smallest absolute Gasteiger partial charge is 0.325 e. The van der Waals surface area contributed by atoms with Crippen LogP contribution in [-0.4, -0.2) is 35.3 Å². The second kappa shape index (κ2) is 9.53. The lowest BCUT2D eigenvalue weighted by Crippen LogP contribution is -2.37. The lowest BCUT2D eigenvalue weighted by atomic mass is 10.1. The van der Waals surface area contributed by atoms with Crippen LogP contribution in [0.25, 0.3) is 10.2 Å². The number of nitrogens with one attached hydrogen (secondary N) is 2. The molecule has 0 unspecified atom stereocenters. The Morgan fingerprint density at radius 3 is 2.69 bits per heavy atom. The fraction of sp³-hybridized carbons (Fsp3) is 0.200. The maximum atomic E-state index is 11.9. The molecule has 3 amide bonds. The van der Waals surface area contributed by atoms with Gasteiger partial charge in [-0.3, -0.25) is 14.9 Å². The monoisotopic (exact) mass is 429 g/mol. The van der Waals surface area contributed by atoms with Crippen LogP contribution in [0.4, 0.5) is 10.5 Å². The number of hydrogen-bond donors (Lipinski definition) is 2. The molecule has 9 heteroatoms. The van der Waals surface area contributed by atoms with Crippen molar-refractivity contribution in [2.45, 2.75) is 18.2 Å². The van der Waals surface area contributed by atoms with Crippen molar-refractivity contribution in [1.29, 1.82) is 0 Å². The minimum Gasteiger partial charge on any atom is -0.455 e. The van der Waals surface area contributed by atoms with E-state index in [9.17, 15) is 14.4 Å². The van der Waals surface area contributed by atoms with E-state index in [-0.39, 0.29) is 5.75 Å². The number of carbonyl (C=O) groups excluding carboxylic acids is 3. The van der Waals surface area contributed by atoms with Gasteiger partial charge in [-0.2, -0.15) is 0 Å². The van der Waals surface area contributed by atoms with Crippen LogP contribution < -0.4 is 10.6 Å². The first-order valence-electron chi connectivity index (χ1n) is 8.73. The second-order valence-corrected chi connectivity index (χ2v) is 8.40. The molecule has 150 valence electrons. The van der Waals surface area contributed by atoms with E-state index in [1.54, 1.807) is 6.07 Å². The zero-order valence-electron chi connectivity index (χ0n) is 15.9. The number of fused-ring (bicyclic) bond motifs is 1. The van der Waals surface area contributed by atoms with Crippen LogP contribution >= 0.6 is 23.1 Å². The van der Waals surface area contributed by atoms with Crippen LogP contribution in [0, 0.1) is 13.8 Å². The molecule has 0 aliphatic heterocycles. The Hall–Kier alpha value is -2.91. The maximum absolute atomic E-state index is 11.9. The normalized spacial score (nSPS) is 10.6. The summed E-state index contributed by atoms with van der Waals surface area (Å²) in [6.07, 6.45) is 0. The zero-order chi connectivity index (χ0) is 20.8. The van der Waals surface area contributed by atoms with Crippen LogP contribution in [0.2, 0.25) is 0 Å². The standard InChI is InChI=1S/C20H19N3O4S2/c1-12-6-5-8-14(13(12)2)21-19(26)23-17(24)10-27-18(25)11-28-20-22-15-7-3-4-9-16(15)29-20/h3-9H,10-11H2,1-2H3,(H2,21,23,24,26). The molecule has 0 spiro atoms. The summed E-state index contributed by atoms with van der Waals surface area (Å²) in [4.78, 5) is 40.0. The number of urea groups is 1. The average Bonchev–Trinajstić information content (AvgIpc) is 3.11. The van der Waals surface area contributed by atoms with Gasteiger partial charge < -0.3 is 10.1 Å². The average molecular weight is 430 g/mol. The van der Waals surface area contributed by atoms with E-state index in [0.29, 0.717) is 5.69 Å². The molecule has 2 N–H and O–H groups in total. The van der Waals surface area contributed by atoms with E-state index >= 15 is 0 Å². The molecule has 1 aromatic heterocycles. The number of nitrogens with zero attached hydrogens (tertiary/aromatic N) is 1. The largest absolute Gasteiger partial charge is 0.455 e. The van der Waals surface area contributed by atoms with E-state index in [4.69, 9.17) is 4.74 Å². The summed E-state index contributed by atoms with van der Waals surface area (Å²) in [6.45, 7) is 3.27. The molecule has 0 atom stereocenters. The number of esters is 1. The molecular weight excluding hydrogens is 410 g/mol. The summed E-state index contributed by atoms with van der Waals surface area (Å²) in [5.74, 6) is -1.23. The van der Waals surface area contributed by atoms with Gasteiger partial charge in [0, 0.05) is 5.69 Å². The van der Waals surface area contributed by atoms with E-state index in [2.05, 4.69) is 15.6 Å². The minimum absolute atomic E-state index is 0.0295. The van der Waals surface area contributed by atoms with Crippen molar-refractivity contribution in [2.75, 3.05) is 17.7 Å². The number of aromatic nitrogens is 1. The van der Waals surface area contributed by atoms with Crippen LogP contribution in [0.15, 0.2) is 46.8 Å². The molecule has 2 aromatic carbocycles. The number of ether oxygens (including phenoxy) is 1. The van der Waals surface area contributed by atoms with Gasteiger partial charge in [-0.1, -0.05) is 36.0 Å². The Kier molecular flexibility index (Phi) is 6.84. The Morgan fingerprint density at radius 2 is 1.90 bits per heavy atom. The number of rotatable bonds is 6. The third kappa shape index (κ3) is 5.78. The first kappa shape index (κ1) is 20.8. The Morgan fingerprint density at radius 1 is 1.10 bits per heavy atom. The van der Waals surface area contributed by atoms with Gasteiger partial charge >= 0.3 is 12.0 Å². The minimum atomic E-state index is -0.703. The predicted octanol–water partition coefficient (Wildman–Crippen LogP) is 3.90. The summed E-state index contributed by atoms with van der Waals surface area (Å²) in [5.41, 5.74) is 3.42. The summed E-state index contributed by atoms with van der Waals surface area (Å²) >= 11 is 2.73. The highest BCUT2D eigenvalue weighted by molar-refractivity contribution is 8.01. The molecule has 0 bridgehead atoms. The van der Waals surface area contributed by atoms with Gasteiger partial charge in [0.15, 0.2) is 10.9 Å². The highest BCUT2D eigenvalue weighted by atomic mass is 32.2. The van der Waals surface area contributed by atoms with E-state index in [1.807, 2.05) is 50.2 Å². The summed E-state index contributed by atoms with van der Waals surface area (Å²) in [6, 6.07) is 12.5. The van der Waals surface area contributed by atoms with Gasteiger partial charge in [0.1, 0.15) is 0 Å². The summed E-state index contributed by atoms with van der Waals surface area (Å²) in [7, 11) is 0. The van der Waals surface area contributed by atoms with Gasteiger partial charge in [0.2, 0.25) is 0 Å². The molecule has 0 radical (unpaired) electrons. The van der Waals surface area contributed by atoms with E-state index < -0.39 is 24.5 Å². The molecular formula is C20H19N3O4S2. The molecule has 3 rings (SSSR count). The molecule has 0 aliphatic carbocycles. The number of amides is 3. The van der Waals surface area contributed by atoms with Crippen molar-refractivity contribution >= 4 is 56.9 Å². The first-order valence-corrected chi connectivity index (χ1v) is 10.5. The first-order chi connectivity index (χ1) is 13.9. The topological polar surface area (TPSA) is 97.4 Å². The van der Waals surface area contributed by atoms with Crippen molar-refractivity contribution in [3.05, 3.63) is 53.6 Å². The number of thiazole rings is 1. The highest BCUT2D eigenvalue weighted by Crippen LogP contribution is 2.29. The molecule has 0 fully saturated rings. The predicted molar refractivity (Wildman–Crippen MR) is 114 cm³/mol. The maximum Gasteiger partial charge on any atom is 0.325 e. The number of carbonyl (C=O) groups is 3. The highest BCUT2D eigenvalue weighted by Gasteiger charge is 2.13. The van der Waals surface area contributed by atoms with Crippen molar-refractivity contribution < 1.29 is 19.1 Å². The number of para-hydroxylation sites is 1. The fourth-order valence-electron chi connectivity index (χ4n) is 2.42. The molecule has 7 nitrogen and oxygen atoms in total. The lowest BCUT2D eigenvalue weighted by Gasteiger charge is -2.11. The van der Waals surface area contributed by atoms with Gasteiger partial charge in [0.25, 0.3) is 5.91 Å². The SMILES string of the molecule is Cc1cccc(NC(=O)NC(=O)COC(=O)CSc2nc3ccccc3s2)c1C. The van der Waals surface area contributed by atoms with Gasteiger partial charge in [0.05, 0.1) is 16.0 Å². The fourth-order valence-corrected chi connectivity index (χ4v) is 4.29. The Bertz CT molecular complexity index is 1030. The second-order valence-electron chi connectivity index (χ2n) is 6.15. The van der Waals surface area contributed by atoms with Crippen LogP contribution in [0.1, 0.15) is 11.1 Å². The number of aryl methyl sites for hydroxylation is 1. The molecule has 0 aliphatic rings. The van der Waals surface area contributed by atoms with Crippen molar-refractivity contribution in [2.24, 2.45) is 0 Å². The van der Waals surface area contributed by atoms with Gasteiger partial charge in [-0.05, 0) is 43.2 Å².